The van der Waals surface area contributed by atoms with Crippen LogP contribution in [-0.2, 0) is 4.74 Å². The van der Waals surface area contributed by atoms with Crippen LogP contribution in [0.15, 0.2) is 18.3 Å². The summed E-state index contributed by atoms with van der Waals surface area (Å²) in [5.74, 6) is -0.0213. The van der Waals surface area contributed by atoms with Crippen LogP contribution in [-0.4, -0.2) is 47.6 Å². The molecule has 5 heteroatoms. The van der Waals surface area contributed by atoms with Gasteiger partial charge in [-0.2, -0.15) is 0 Å². The first-order valence-electron chi connectivity index (χ1n) is 7.71. The number of rotatable bonds is 6. The fourth-order valence-corrected chi connectivity index (χ4v) is 2.60. The van der Waals surface area contributed by atoms with E-state index in [0.717, 1.165) is 31.7 Å². The number of nitrogens with one attached hydrogen (secondary N) is 1. The topological polar surface area (TPSA) is 54.5 Å². The predicted molar refractivity (Wildman–Crippen MR) is 83.6 cm³/mol. The van der Waals surface area contributed by atoms with E-state index >= 15 is 0 Å². The van der Waals surface area contributed by atoms with E-state index in [1.807, 2.05) is 26.0 Å². The maximum atomic E-state index is 12.3. The van der Waals surface area contributed by atoms with Gasteiger partial charge >= 0.3 is 0 Å². The standard InChI is InChI=1S/C16H25N3O2/c1-4-19(5-2)15(20)14-11-13(7-9-17-14)18-12-16(3)8-6-10-21-16/h7,9,11H,4-6,8,10,12H2,1-3H3,(H,17,18). The molecule has 0 saturated carbocycles. The first kappa shape index (κ1) is 15.8. The Bertz CT molecular complexity index is 480. The van der Waals surface area contributed by atoms with E-state index in [4.69, 9.17) is 4.74 Å². The largest absolute Gasteiger partial charge is 0.382 e. The lowest BCUT2D eigenvalue weighted by atomic mass is 10.0. The van der Waals surface area contributed by atoms with E-state index in [1.165, 1.54) is 0 Å². The molecule has 2 heterocycles. The highest BCUT2D eigenvalue weighted by Crippen LogP contribution is 2.25. The van der Waals surface area contributed by atoms with Gasteiger partial charge in [-0.15, -0.1) is 0 Å². The third kappa shape index (κ3) is 3.94. The third-order valence-electron chi connectivity index (χ3n) is 4.00. The molecule has 1 aliphatic rings. The highest BCUT2D eigenvalue weighted by atomic mass is 16.5. The van der Waals surface area contributed by atoms with Crippen molar-refractivity contribution >= 4 is 11.6 Å². The molecular formula is C16H25N3O2. The molecule has 1 unspecified atom stereocenters. The summed E-state index contributed by atoms with van der Waals surface area (Å²) in [6.07, 6.45) is 3.85. The molecule has 5 nitrogen and oxygen atoms in total. The van der Waals surface area contributed by atoms with Crippen LogP contribution >= 0.6 is 0 Å². The van der Waals surface area contributed by atoms with Gasteiger partial charge in [0.1, 0.15) is 5.69 Å². The van der Waals surface area contributed by atoms with Crippen molar-refractivity contribution in [1.29, 1.82) is 0 Å². The van der Waals surface area contributed by atoms with E-state index in [9.17, 15) is 4.79 Å². The summed E-state index contributed by atoms with van der Waals surface area (Å²) in [7, 11) is 0. The van der Waals surface area contributed by atoms with Gasteiger partial charge in [0.15, 0.2) is 0 Å². The smallest absolute Gasteiger partial charge is 0.272 e. The van der Waals surface area contributed by atoms with Crippen molar-refractivity contribution in [3.05, 3.63) is 24.0 Å². The summed E-state index contributed by atoms with van der Waals surface area (Å²) in [6, 6.07) is 3.70. The van der Waals surface area contributed by atoms with Gasteiger partial charge < -0.3 is 15.0 Å². The number of pyridine rings is 1. The Hall–Kier alpha value is -1.62. The SMILES string of the molecule is CCN(CC)C(=O)c1cc(NCC2(C)CCCO2)ccn1. The Labute approximate surface area is 126 Å². The minimum Gasteiger partial charge on any atom is -0.382 e. The molecule has 1 aromatic rings. The van der Waals surface area contributed by atoms with Gasteiger partial charge in [-0.05, 0) is 45.7 Å². The summed E-state index contributed by atoms with van der Waals surface area (Å²) in [5, 5.41) is 3.36. The van der Waals surface area contributed by atoms with Crippen LogP contribution in [0.5, 0.6) is 0 Å². The zero-order chi connectivity index (χ0) is 15.3. The molecule has 1 aliphatic heterocycles. The van der Waals surface area contributed by atoms with Crippen molar-refractivity contribution in [3.63, 3.8) is 0 Å². The van der Waals surface area contributed by atoms with Crippen molar-refractivity contribution in [2.75, 3.05) is 31.6 Å². The van der Waals surface area contributed by atoms with Gasteiger partial charge in [-0.1, -0.05) is 0 Å². The van der Waals surface area contributed by atoms with Crippen molar-refractivity contribution in [2.24, 2.45) is 0 Å². The maximum absolute atomic E-state index is 12.3. The Kier molecular flexibility index (Phi) is 5.17. The second-order valence-electron chi connectivity index (χ2n) is 5.66. The van der Waals surface area contributed by atoms with Gasteiger partial charge in [0.25, 0.3) is 5.91 Å². The summed E-state index contributed by atoms with van der Waals surface area (Å²) < 4.78 is 5.76. The number of carbonyl (C=O) groups is 1. The molecular weight excluding hydrogens is 266 g/mol. The van der Waals surface area contributed by atoms with E-state index < -0.39 is 0 Å². The minimum absolute atomic E-state index is 0.0213. The average Bonchev–Trinajstić information content (AvgIpc) is 2.94. The number of hydrogen-bond acceptors (Lipinski definition) is 4. The van der Waals surface area contributed by atoms with Gasteiger partial charge in [-0.25, -0.2) is 0 Å². The quantitative estimate of drug-likeness (QED) is 0.875. The average molecular weight is 291 g/mol. The highest BCUT2D eigenvalue weighted by molar-refractivity contribution is 5.93. The lowest BCUT2D eigenvalue weighted by Crippen LogP contribution is -2.33. The van der Waals surface area contributed by atoms with E-state index in [1.54, 1.807) is 11.1 Å². The molecule has 1 aromatic heterocycles. The summed E-state index contributed by atoms with van der Waals surface area (Å²) in [4.78, 5) is 18.3. The van der Waals surface area contributed by atoms with Crippen LogP contribution in [0.4, 0.5) is 5.69 Å². The molecule has 0 spiro atoms. The second-order valence-corrected chi connectivity index (χ2v) is 5.66. The Morgan fingerprint density at radius 2 is 2.24 bits per heavy atom. The highest BCUT2D eigenvalue weighted by Gasteiger charge is 2.29. The molecule has 1 atom stereocenters. The number of hydrogen-bond donors (Lipinski definition) is 1. The molecule has 116 valence electrons. The fourth-order valence-electron chi connectivity index (χ4n) is 2.60. The number of anilines is 1. The van der Waals surface area contributed by atoms with Gasteiger partial charge in [-0.3, -0.25) is 9.78 Å². The molecule has 1 saturated heterocycles. The molecule has 1 N–H and O–H groups in total. The number of ether oxygens (including phenoxy) is 1. The minimum atomic E-state index is -0.105. The summed E-state index contributed by atoms with van der Waals surface area (Å²) >= 11 is 0. The van der Waals surface area contributed by atoms with Crippen LogP contribution in [0.1, 0.15) is 44.1 Å². The lowest BCUT2D eigenvalue weighted by Gasteiger charge is -2.24. The first-order valence-corrected chi connectivity index (χ1v) is 7.71. The molecule has 2 rings (SSSR count). The lowest BCUT2D eigenvalue weighted by molar-refractivity contribution is 0.0315. The van der Waals surface area contributed by atoms with Crippen molar-refractivity contribution < 1.29 is 9.53 Å². The molecule has 1 fully saturated rings. The van der Waals surface area contributed by atoms with Gasteiger partial charge in [0, 0.05) is 38.1 Å². The van der Waals surface area contributed by atoms with Crippen LogP contribution in [0.2, 0.25) is 0 Å². The molecule has 0 aromatic carbocycles. The second kappa shape index (κ2) is 6.89. The van der Waals surface area contributed by atoms with Crippen LogP contribution in [0.25, 0.3) is 0 Å². The third-order valence-corrected chi connectivity index (χ3v) is 4.00. The Balaban J connectivity index is 2.02. The number of carbonyl (C=O) groups excluding carboxylic acids is 1. The van der Waals surface area contributed by atoms with Crippen LogP contribution in [0.3, 0.4) is 0 Å². The van der Waals surface area contributed by atoms with Crippen molar-refractivity contribution in [2.45, 2.75) is 39.2 Å². The summed E-state index contributed by atoms with van der Waals surface area (Å²) in [5.41, 5.74) is 1.30. The summed E-state index contributed by atoms with van der Waals surface area (Å²) in [6.45, 7) is 9.04. The van der Waals surface area contributed by atoms with Crippen LogP contribution < -0.4 is 5.32 Å². The number of aromatic nitrogens is 1. The maximum Gasteiger partial charge on any atom is 0.272 e. The van der Waals surface area contributed by atoms with Gasteiger partial charge in [0.2, 0.25) is 0 Å². The number of amides is 1. The van der Waals surface area contributed by atoms with Crippen LogP contribution in [0, 0.1) is 0 Å². The molecule has 0 bridgehead atoms. The van der Waals surface area contributed by atoms with E-state index in [-0.39, 0.29) is 11.5 Å². The number of nitrogens with zero attached hydrogens (tertiary/aromatic N) is 2. The monoisotopic (exact) mass is 291 g/mol. The molecule has 1 amide bonds. The zero-order valence-electron chi connectivity index (χ0n) is 13.2. The first-order chi connectivity index (χ1) is 10.1. The van der Waals surface area contributed by atoms with E-state index in [2.05, 4.69) is 17.2 Å². The van der Waals surface area contributed by atoms with E-state index in [0.29, 0.717) is 18.8 Å². The molecule has 0 radical (unpaired) electrons. The van der Waals surface area contributed by atoms with Gasteiger partial charge in [0.05, 0.1) is 5.60 Å². The normalized spacial score (nSPS) is 21.3. The Morgan fingerprint density at radius 1 is 1.48 bits per heavy atom. The zero-order valence-corrected chi connectivity index (χ0v) is 13.2. The fraction of sp³-hybridized carbons (Fsp3) is 0.625. The molecule has 0 aliphatic carbocycles. The molecule has 21 heavy (non-hydrogen) atoms. The van der Waals surface area contributed by atoms with Crippen molar-refractivity contribution in [3.8, 4) is 0 Å². The Morgan fingerprint density at radius 3 is 2.86 bits per heavy atom. The predicted octanol–water partition coefficient (Wildman–Crippen LogP) is 2.54. The van der Waals surface area contributed by atoms with Crippen molar-refractivity contribution in [1.82, 2.24) is 9.88 Å².